The Morgan fingerprint density at radius 2 is 1.86 bits per heavy atom. The Morgan fingerprint density at radius 3 is 2.61 bits per heavy atom. The maximum Gasteiger partial charge on any atom is 0.254 e. The summed E-state index contributed by atoms with van der Waals surface area (Å²) in [5.74, 6) is 0.0310. The number of ether oxygens (including phenoxy) is 1. The summed E-state index contributed by atoms with van der Waals surface area (Å²) >= 11 is 0. The number of nitrogens with zero attached hydrogens (tertiary/aromatic N) is 3. The molecule has 0 aliphatic carbocycles. The van der Waals surface area contributed by atoms with Gasteiger partial charge in [0, 0.05) is 23.5 Å². The van der Waals surface area contributed by atoms with E-state index in [1.807, 2.05) is 67.6 Å². The van der Waals surface area contributed by atoms with Crippen LogP contribution in [-0.4, -0.2) is 45.1 Å². The van der Waals surface area contributed by atoms with Crippen molar-refractivity contribution in [1.29, 1.82) is 0 Å². The molecular weight excluding hydrogens is 454 g/mol. The summed E-state index contributed by atoms with van der Waals surface area (Å²) in [7, 11) is 0. The highest BCUT2D eigenvalue weighted by atomic mass is 16.5. The third kappa shape index (κ3) is 4.55. The van der Waals surface area contributed by atoms with Gasteiger partial charge in [0.15, 0.2) is 0 Å². The number of amides is 2. The average molecular weight is 484 g/mol. The third-order valence-electron chi connectivity index (χ3n) is 6.59. The molecule has 2 heterocycles. The second-order valence-electron chi connectivity index (χ2n) is 9.19. The monoisotopic (exact) mass is 483 g/mol. The van der Waals surface area contributed by atoms with Crippen molar-refractivity contribution in [3.8, 4) is 11.4 Å². The van der Waals surface area contributed by atoms with Crippen molar-refractivity contribution in [2.24, 2.45) is 11.5 Å². The highest BCUT2D eigenvalue weighted by Crippen LogP contribution is 2.29. The molecule has 8 nitrogen and oxygen atoms in total. The van der Waals surface area contributed by atoms with Crippen LogP contribution in [0.4, 0.5) is 0 Å². The van der Waals surface area contributed by atoms with E-state index in [2.05, 4.69) is 5.10 Å². The van der Waals surface area contributed by atoms with Crippen LogP contribution >= 0.6 is 0 Å². The molecule has 1 saturated heterocycles. The minimum absolute atomic E-state index is 0.198. The number of hydrogen-bond donors (Lipinski definition) is 2. The molecular formula is C28H29N5O3. The maximum absolute atomic E-state index is 13.1. The van der Waals surface area contributed by atoms with Crippen molar-refractivity contribution in [3.63, 3.8) is 0 Å². The van der Waals surface area contributed by atoms with E-state index in [0.29, 0.717) is 24.3 Å². The van der Waals surface area contributed by atoms with Crippen LogP contribution in [0.5, 0.6) is 5.75 Å². The van der Waals surface area contributed by atoms with Crippen molar-refractivity contribution in [2.45, 2.75) is 38.0 Å². The number of hydrogen-bond acceptors (Lipinski definition) is 5. The van der Waals surface area contributed by atoms with Crippen LogP contribution in [0.2, 0.25) is 0 Å². The number of rotatable bonds is 7. The second-order valence-corrected chi connectivity index (χ2v) is 9.19. The average Bonchev–Trinajstić information content (AvgIpc) is 3.55. The minimum Gasteiger partial charge on any atom is -0.484 e. The number of aromatic nitrogens is 2. The van der Waals surface area contributed by atoms with E-state index in [0.717, 1.165) is 28.6 Å². The molecule has 1 aromatic heterocycles. The van der Waals surface area contributed by atoms with Crippen LogP contribution in [0.3, 0.4) is 0 Å². The van der Waals surface area contributed by atoms with Gasteiger partial charge in [-0.2, -0.15) is 5.10 Å². The lowest BCUT2D eigenvalue weighted by Gasteiger charge is -2.23. The summed E-state index contributed by atoms with van der Waals surface area (Å²) < 4.78 is 8.06. The zero-order valence-electron chi connectivity index (χ0n) is 20.1. The number of likely N-dealkylation sites (tertiary alicyclic amines) is 1. The molecule has 0 saturated carbocycles. The highest BCUT2D eigenvalue weighted by molar-refractivity contribution is 5.98. The number of benzene rings is 3. The van der Waals surface area contributed by atoms with E-state index in [4.69, 9.17) is 16.2 Å². The van der Waals surface area contributed by atoms with Gasteiger partial charge in [0.2, 0.25) is 5.91 Å². The third-order valence-corrected chi connectivity index (χ3v) is 6.59. The van der Waals surface area contributed by atoms with Crippen molar-refractivity contribution in [2.75, 3.05) is 6.54 Å². The number of carbonyl (C=O) groups is 2. The minimum atomic E-state index is -0.555. The number of primary amides is 1. The first-order chi connectivity index (χ1) is 17.4. The van der Waals surface area contributed by atoms with E-state index in [-0.39, 0.29) is 18.1 Å². The van der Waals surface area contributed by atoms with E-state index >= 15 is 0 Å². The topological polar surface area (TPSA) is 116 Å². The Bertz CT molecular complexity index is 1400. The molecule has 36 heavy (non-hydrogen) atoms. The van der Waals surface area contributed by atoms with Gasteiger partial charge in [-0.15, -0.1) is 0 Å². The SMILES string of the molecule is C[C@H](N)[C@H](Oc1ccc2c(cnn2-c2cccc(C(=O)N3CCCC3C(N)=O)c2)c1)c1ccccc1. The van der Waals surface area contributed by atoms with Crippen LogP contribution in [0.25, 0.3) is 16.6 Å². The van der Waals surface area contributed by atoms with Gasteiger partial charge in [0.1, 0.15) is 17.9 Å². The quantitative estimate of drug-likeness (QED) is 0.417. The molecule has 0 bridgehead atoms. The first-order valence-corrected chi connectivity index (χ1v) is 12.1. The van der Waals surface area contributed by atoms with Gasteiger partial charge >= 0.3 is 0 Å². The Hall–Kier alpha value is -4.17. The molecule has 184 valence electrons. The molecule has 1 aliphatic rings. The van der Waals surface area contributed by atoms with Gasteiger partial charge < -0.3 is 21.1 Å². The zero-order chi connectivity index (χ0) is 25.2. The standard InChI is InChI=1S/C28H29N5O3/c1-18(29)26(19-7-3-2-4-8-19)36-23-12-13-24-21(16-23)17-31-33(24)22-10-5-9-20(15-22)28(35)32-14-6-11-25(32)27(30)34/h2-5,7-10,12-13,15-18,25-26H,6,11,14,29H2,1H3,(H2,30,34)/t18-,25?,26-/m0/s1. The van der Waals surface area contributed by atoms with Gasteiger partial charge in [-0.3, -0.25) is 9.59 Å². The zero-order valence-corrected chi connectivity index (χ0v) is 20.1. The lowest BCUT2D eigenvalue weighted by molar-refractivity contribution is -0.121. The van der Waals surface area contributed by atoms with E-state index in [1.54, 1.807) is 27.9 Å². The number of carbonyl (C=O) groups excluding carboxylic acids is 2. The summed E-state index contributed by atoms with van der Waals surface area (Å²) in [6, 6.07) is 22.2. The first-order valence-electron chi connectivity index (χ1n) is 12.1. The largest absolute Gasteiger partial charge is 0.484 e. The van der Waals surface area contributed by atoms with Crippen molar-refractivity contribution >= 4 is 22.7 Å². The number of nitrogens with two attached hydrogens (primary N) is 2. The predicted octanol–water partition coefficient (Wildman–Crippen LogP) is 3.58. The fourth-order valence-corrected chi connectivity index (χ4v) is 4.80. The van der Waals surface area contributed by atoms with E-state index in [1.165, 1.54) is 0 Å². The molecule has 8 heteroatoms. The van der Waals surface area contributed by atoms with Gasteiger partial charge in [-0.1, -0.05) is 36.4 Å². The summed E-state index contributed by atoms with van der Waals surface area (Å²) in [4.78, 5) is 26.4. The molecule has 3 aromatic carbocycles. The molecule has 4 N–H and O–H groups in total. The van der Waals surface area contributed by atoms with Crippen LogP contribution < -0.4 is 16.2 Å². The summed E-state index contributed by atoms with van der Waals surface area (Å²) in [6.45, 7) is 2.45. The van der Waals surface area contributed by atoms with Gasteiger partial charge in [0.25, 0.3) is 5.91 Å². The predicted molar refractivity (Wildman–Crippen MR) is 138 cm³/mol. The lowest BCUT2D eigenvalue weighted by Crippen LogP contribution is -2.43. The Morgan fingerprint density at radius 1 is 1.06 bits per heavy atom. The van der Waals surface area contributed by atoms with Crippen molar-refractivity contribution in [3.05, 3.63) is 90.1 Å². The van der Waals surface area contributed by atoms with Crippen molar-refractivity contribution in [1.82, 2.24) is 14.7 Å². The summed E-state index contributed by atoms with van der Waals surface area (Å²) in [5, 5.41) is 5.45. The Labute approximate surface area is 209 Å². The molecule has 5 rings (SSSR count). The fraction of sp³-hybridized carbons (Fsp3) is 0.250. The van der Waals surface area contributed by atoms with E-state index < -0.39 is 11.9 Å². The molecule has 3 atom stereocenters. The molecule has 0 radical (unpaired) electrons. The Balaban J connectivity index is 1.41. The van der Waals surface area contributed by atoms with Crippen LogP contribution in [0, 0.1) is 0 Å². The molecule has 1 unspecified atom stereocenters. The van der Waals surface area contributed by atoms with Crippen LogP contribution in [0.15, 0.2) is 79.0 Å². The smallest absolute Gasteiger partial charge is 0.254 e. The number of fused-ring (bicyclic) bond motifs is 1. The normalized spacial score (nSPS) is 17.2. The molecule has 1 fully saturated rings. The molecule has 2 amide bonds. The summed E-state index contributed by atoms with van der Waals surface area (Å²) in [5.41, 5.74) is 14.9. The first kappa shape index (κ1) is 23.6. The molecule has 1 aliphatic heterocycles. The maximum atomic E-state index is 13.1. The summed E-state index contributed by atoms with van der Waals surface area (Å²) in [6.07, 6.45) is 2.85. The Kier molecular flexibility index (Phi) is 6.43. The molecule has 4 aromatic rings. The highest BCUT2D eigenvalue weighted by Gasteiger charge is 2.33. The van der Waals surface area contributed by atoms with Gasteiger partial charge in [-0.25, -0.2) is 4.68 Å². The van der Waals surface area contributed by atoms with Crippen molar-refractivity contribution < 1.29 is 14.3 Å². The van der Waals surface area contributed by atoms with Crippen LogP contribution in [-0.2, 0) is 4.79 Å². The van der Waals surface area contributed by atoms with Gasteiger partial charge in [-0.05, 0) is 61.7 Å². The van der Waals surface area contributed by atoms with Crippen LogP contribution in [0.1, 0.15) is 41.8 Å². The molecule has 0 spiro atoms. The van der Waals surface area contributed by atoms with Gasteiger partial charge in [0.05, 0.1) is 17.4 Å². The van der Waals surface area contributed by atoms with E-state index in [9.17, 15) is 9.59 Å². The fourth-order valence-electron chi connectivity index (χ4n) is 4.80. The lowest BCUT2D eigenvalue weighted by atomic mass is 10.0. The second kappa shape index (κ2) is 9.83.